The van der Waals surface area contributed by atoms with Crippen molar-refractivity contribution in [3.05, 3.63) is 75.8 Å². The van der Waals surface area contributed by atoms with Gasteiger partial charge in [0.15, 0.2) is 0 Å². The molecule has 0 N–H and O–H groups in total. The molecule has 0 radical (unpaired) electrons. The van der Waals surface area contributed by atoms with Gasteiger partial charge in [-0.2, -0.15) is 22.9 Å². The van der Waals surface area contributed by atoms with Gasteiger partial charge in [-0.05, 0) is 18.2 Å². The Bertz CT molecular complexity index is 1190. The second-order valence-electron chi connectivity index (χ2n) is 5.53. The van der Waals surface area contributed by atoms with Crippen molar-refractivity contribution in [2.45, 2.75) is 6.18 Å². The van der Waals surface area contributed by atoms with E-state index in [1.54, 1.807) is 17.5 Å². The first kappa shape index (κ1) is 17.2. The molecule has 4 rings (SSSR count). The van der Waals surface area contributed by atoms with Crippen molar-refractivity contribution >= 4 is 27.8 Å². The molecule has 0 aliphatic carbocycles. The van der Waals surface area contributed by atoms with Gasteiger partial charge in [-0.1, -0.05) is 18.2 Å². The molecular formula is C18H10F3N3O2S. The van der Waals surface area contributed by atoms with Crippen LogP contribution in [0.15, 0.2) is 68.7 Å². The molecule has 27 heavy (non-hydrogen) atoms. The predicted molar refractivity (Wildman–Crippen MR) is 96.0 cm³/mol. The van der Waals surface area contributed by atoms with Crippen molar-refractivity contribution in [2.75, 3.05) is 0 Å². The van der Waals surface area contributed by atoms with Crippen LogP contribution in [0.25, 0.3) is 21.5 Å². The maximum atomic E-state index is 13.1. The summed E-state index contributed by atoms with van der Waals surface area (Å²) in [4.78, 5) is 17.4. The molecule has 0 spiro atoms. The van der Waals surface area contributed by atoms with E-state index in [4.69, 9.17) is 4.42 Å². The van der Waals surface area contributed by atoms with Crippen LogP contribution in [0.2, 0.25) is 0 Å². The molecule has 0 saturated carbocycles. The molecule has 0 bridgehead atoms. The normalized spacial score (nSPS) is 12.3. The minimum atomic E-state index is -4.52. The van der Waals surface area contributed by atoms with Crippen LogP contribution in [0.3, 0.4) is 0 Å². The molecule has 9 heteroatoms. The lowest BCUT2D eigenvalue weighted by Crippen LogP contribution is -2.17. The van der Waals surface area contributed by atoms with E-state index < -0.39 is 17.3 Å². The molecule has 0 saturated heterocycles. The molecule has 4 aromatic rings. The Morgan fingerprint density at radius 2 is 2.00 bits per heavy atom. The Balaban J connectivity index is 1.80. The van der Waals surface area contributed by atoms with Crippen LogP contribution in [0, 0.1) is 0 Å². The third kappa shape index (κ3) is 3.17. The molecule has 5 nitrogen and oxygen atoms in total. The average Bonchev–Trinajstić information content (AvgIpc) is 3.30. The number of halogens is 3. The van der Waals surface area contributed by atoms with Crippen LogP contribution in [-0.4, -0.2) is 15.9 Å². The van der Waals surface area contributed by atoms with E-state index in [-0.39, 0.29) is 5.56 Å². The predicted octanol–water partition coefficient (Wildman–Crippen LogP) is 4.62. The number of aromatic nitrogens is 2. The fourth-order valence-electron chi connectivity index (χ4n) is 2.61. The van der Waals surface area contributed by atoms with E-state index in [0.29, 0.717) is 21.5 Å². The summed E-state index contributed by atoms with van der Waals surface area (Å²) < 4.78 is 45.5. The molecule has 136 valence electrons. The lowest BCUT2D eigenvalue weighted by molar-refractivity contribution is -0.137. The summed E-state index contributed by atoms with van der Waals surface area (Å²) in [6.07, 6.45) is -0.855. The van der Waals surface area contributed by atoms with Gasteiger partial charge in [-0.3, -0.25) is 4.79 Å². The van der Waals surface area contributed by atoms with E-state index in [2.05, 4.69) is 10.1 Å². The van der Waals surface area contributed by atoms with Crippen molar-refractivity contribution in [3.63, 3.8) is 0 Å². The number of hydrogen-bond acceptors (Lipinski definition) is 5. The van der Waals surface area contributed by atoms with Gasteiger partial charge in [0.2, 0.25) is 0 Å². The summed E-state index contributed by atoms with van der Waals surface area (Å²) >= 11 is 1.27. The lowest BCUT2D eigenvalue weighted by Gasteiger charge is -2.09. The molecule has 0 aliphatic heterocycles. The van der Waals surface area contributed by atoms with Crippen molar-refractivity contribution < 1.29 is 17.6 Å². The number of alkyl halides is 3. The number of thiophene rings is 1. The third-order valence-electron chi connectivity index (χ3n) is 3.85. The first-order chi connectivity index (χ1) is 12.9. The standard InChI is InChI=1S/C18H10F3N3O2S/c19-18(20,21)13-5-2-1-4-11(13)8-23-24-10-22-16-15(17(24)25)12(9-27-16)14-6-3-7-26-14/h1-10H/b23-8-. The Hall–Kier alpha value is -3.20. The molecule has 0 atom stereocenters. The van der Waals surface area contributed by atoms with Gasteiger partial charge < -0.3 is 4.42 Å². The van der Waals surface area contributed by atoms with Gasteiger partial charge in [-0.25, -0.2) is 4.98 Å². The van der Waals surface area contributed by atoms with Crippen LogP contribution < -0.4 is 5.56 Å². The topological polar surface area (TPSA) is 60.4 Å². The van der Waals surface area contributed by atoms with Gasteiger partial charge in [0.25, 0.3) is 5.56 Å². The fourth-order valence-corrected chi connectivity index (χ4v) is 3.50. The Kier molecular flexibility index (Phi) is 4.15. The molecule has 3 aromatic heterocycles. The van der Waals surface area contributed by atoms with Crippen molar-refractivity contribution in [1.29, 1.82) is 0 Å². The molecule has 1 aromatic carbocycles. The number of furan rings is 1. The highest BCUT2D eigenvalue weighted by molar-refractivity contribution is 7.17. The third-order valence-corrected chi connectivity index (χ3v) is 4.74. The van der Waals surface area contributed by atoms with Crippen LogP contribution in [-0.2, 0) is 6.18 Å². The minimum absolute atomic E-state index is 0.145. The molecule has 0 aliphatic rings. The molecule has 0 unspecified atom stereocenters. The van der Waals surface area contributed by atoms with Gasteiger partial charge >= 0.3 is 6.18 Å². The quantitative estimate of drug-likeness (QED) is 0.481. The van der Waals surface area contributed by atoms with E-state index >= 15 is 0 Å². The first-order valence-electron chi connectivity index (χ1n) is 7.68. The summed E-state index contributed by atoms with van der Waals surface area (Å²) in [6, 6.07) is 8.40. The average molecular weight is 389 g/mol. The van der Waals surface area contributed by atoms with Gasteiger partial charge in [-0.15, -0.1) is 11.3 Å². The molecule has 0 fully saturated rings. The highest BCUT2D eigenvalue weighted by atomic mass is 32.1. The second kappa shape index (κ2) is 6.51. The van der Waals surface area contributed by atoms with Crippen molar-refractivity contribution in [1.82, 2.24) is 9.66 Å². The van der Waals surface area contributed by atoms with E-state index in [1.165, 1.54) is 42.1 Å². The van der Waals surface area contributed by atoms with Crippen molar-refractivity contribution in [2.24, 2.45) is 5.10 Å². The number of fused-ring (bicyclic) bond motifs is 1. The highest BCUT2D eigenvalue weighted by Crippen LogP contribution is 2.32. The van der Waals surface area contributed by atoms with Gasteiger partial charge in [0.05, 0.1) is 23.4 Å². The largest absolute Gasteiger partial charge is 0.464 e. The Labute approximate surface area is 154 Å². The van der Waals surface area contributed by atoms with Crippen LogP contribution in [0.4, 0.5) is 13.2 Å². The Morgan fingerprint density at radius 1 is 1.19 bits per heavy atom. The monoisotopic (exact) mass is 389 g/mol. The number of rotatable bonds is 3. The smallest absolute Gasteiger partial charge is 0.417 e. The van der Waals surface area contributed by atoms with Crippen LogP contribution in [0.5, 0.6) is 0 Å². The Morgan fingerprint density at radius 3 is 2.74 bits per heavy atom. The summed E-state index contributed by atoms with van der Waals surface area (Å²) in [5.74, 6) is 0.504. The minimum Gasteiger partial charge on any atom is -0.464 e. The van der Waals surface area contributed by atoms with E-state index in [1.807, 2.05) is 0 Å². The molecule has 0 amide bonds. The molecular weight excluding hydrogens is 379 g/mol. The van der Waals surface area contributed by atoms with Crippen LogP contribution >= 0.6 is 11.3 Å². The van der Waals surface area contributed by atoms with E-state index in [9.17, 15) is 18.0 Å². The summed E-state index contributed by atoms with van der Waals surface area (Å²) in [5, 5.41) is 5.94. The summed E-state index contributed by atoms with van der Waals surface area (Å²) in [6.45, 7) is 0. The maximum Gasteiger partial charge on any atom is 0.417 e. The summed E-state index contributed by atoms with van der Waals surface area (Å²) in [5.41, 5.74) is -0.901. The first-order valence-corrected chi connectivity index (χ1v) is 8.56. The zero-order valence-corrected chi connectivity index (χ0v) is 14.3. The van der Waals surface area contributed by atoms with Gasteiger partial charge in [0.1, 0.15) is 16.9 Å². The number of benzene rings is 1. The number of nitrogens with zero attached hydrogens (tertiary/aromatic N) is 3. The van der Waals surface area contributed by atoms with Gasteiger partial charge in [0, 0.05) is 16.5 Å². The van der Waals surface area contributed by atoms with E-state index in [0.717, 1.165) is 17.0 Å². The zero-order valence-electron chi connectivity index (χ0n) is 13.5. The summed E-state index contributed by atoms with van der Waals surface area (Å²) in [7, 11) is 0. The second-order valence-corrected chi connectivity index (χ2v) is 6.39. The zero-order chi connectivity index (χ0) is 19.0. The molecule has 3 heterocycles. The lowest BCUT2D eigenvalue weighted by atomic mass is 10.1. The fraction of sp³-hybridized carbons (Fsp3) is 0.0556. The SMILES string of the molecule is O=c1c2c(-c3ccco3)csc2ncn1/N=C\c1ccccc1C(F)(F)F. The van der Waals surface area contributed by atoms with Crippen molar-refractivity contribution in [3.8, 4) is 11.3 Å². The highest BCUT2D eigenvalue weighted by Gasteiger charge is 2.32. The number of hydrogen-bond donors (Lipinski definition) is 0. The van der Waals surface area contributed by atoms with Crippen LogP contribution in [0.1, 0.15) is 11.1 Å². The maximum absolute atomic E-state index is 13.1.